The minimum Gasteiger partial charge on any atom is -0.461 e. The average Bonchev–Trinajstić information content (AvgIpc) is 3.60. The van der Waals surface area contributed by atoms with Gasteiger partial charge in [-0.3, -0.25) is 33.5 Å². The lowest BCUT2D eigenvalue weighted by atomic mass is 9.75. The molecule has 0 spiro atoms. The van der Waals surface area contributed by atoms with Crippen molar-refractivity contribution in [2.75, 3.05) is 0 Å². The number of hydrogen-bond acceptors (Lipinski definition) is 12. The zero-order valence-corrected chi connectivity index (χ0v) is 42.9. The molecule has 4 aromatic heterocycles. The third-order valence-electron chi connectivity index (χ3n) is 15.1. The lowest BCUT2D eigenvalue weighted by Gasteiger charge is -2.32. The lowest BCUT2D eigenvalue weighted by Crippen LogP contribution is -2.41. The van der Waals surface area contributed by atoms with Gasteiger partial charge in [-0.15, -0.1) is 0 Å². The fourth-order valence-electron chi connectivity index (χ4n) is 10.3. The van der Waals surface area contributed by atoms with E-state index in [0.29, 0.717) is 35.7 Å². The summed E-state index contributed by atoms with van der Waals surface area (Å²) in [4.78, 5) is 55.3. The second kappa shape index (κ2) is 21.4. The maximum Gasteiger partial charge on any atom is 0.495 e. The van der Waals surface area contributed by atoms with Gasteiger partial charge in [0.15, 0.2) is 0 Å². The van der Waals surface area contributed by atoms with Gasteiger partial charge >= 0.3 is 13.1 Å². The highest BCUT2D eigenvalue weighted by Crippen LogP contribution is 2.38. The van der Waals surface area contributed by atoms with E-state index in [-0.39, 0.29) is 29.2 Å². The fraction of sp³-hybridized carbons (Fsp3) is 0.397. The van der Waals surface area contributed by atoms with Gasteiger partial charge < -0.3 is 24.3 Å². The largest absolute Gasteiger partial charge is 0.495 e. The Balaban J connectivity index is 0.000000147. The smallest absolute Gasteiger partial charge is 0.461 e. The van der Waals surface area contributed by atoms with Crippen molar-refractivity contribution in [2.45, 2.75) is 148 Å². The van der Waals surface area contributed by atoms with Crippen LogP contribution in [0.3, 0.4) is 0 Å². The highest BCUT2D eigenvalue weighted by Gasteiger charge is 2.52. The molecule has 1 saturated heterocycles. The Hall–Kier alpha value is -6.65. The number of aliphatic hydroxyl groups excluding tert-OH is 2. The average molecular weight is 985 g/mol. The third kappa shape index (κ3) is 10.9. The number of ether oxygens (including phenoxy) is 1. The van der Waals surface area contributed by atoms with E-state index < -0.39 is 30.5 Å². The summed E-state index contributed by atoms with van der Waals surface area (Å²) in [6.07, 6.45) is 13.6. The second-order valence-corrected chi connectivity index (χ2v) is 20.8. The van der Waals surface area contributed by atoms with Gasteiger partial charge in [0.1, 0.15) is 6.61 Å². The van der Waals surface area contributed by atoms with Crippen molar-refractivity contribution in [3.8, 4) is 0 Å². The zero-order valence-electron chi connectivity index (χ0n) is 42.9. The number of pyridine rings is 2. The summed E-state index contributed by atoms with van der Waals surface area (Å²) < 4.78 is 20.7. The van der Waals surface area contributed by atoms with Gasteiger partial charge in [-0.05, 0) is 125 Å². The van der Waals surface area contributed by atoms with E-state index >= 15 is 0 Å². The zero-order chi connectivity index (χ0) is 51.6. The molecule has 8 aromatic rings. The van der Waals surface area contributed by atoms with E-state index in [1.165, 1.54) is 6.92 Å². The number of esters is 1. The molecule has 3 fully saturated rings. The van der Waals surface area contributed by atoms with Gasteiger partial charge in [0, 0.05) is 47.0 Å². The summed E-state index contributed by atoms with van der Waals surface area (Å²) >= 11 is 0. The van der Waals surface area contributed by atoms with Crippen LogP contribution in [0.5, 0.6) is 0 Å². The van der Waals surface area contributed by atoms with Crippen LogP contribution in [-0.2, 0) is 31.9 Å². The molecule has 0 amide bonds. The molecule has 73 heavy (non-hydrogen) atoms. The van der Waals surface area contributed by atoms with Crippen molar-refractivity contribution < 1.29 is 29.1 Å². The molecule has 3 aliphatic rings. The molecule has 0 bridgehead atoms. The number of aryl methyl sites for hydroxylation is 2. The first-order chi connectivity index (χ1) is 35.0. The van der Waals surface area contributed by atoms with Gasteiger partial charge in [0.05, 0.1) is 70.0 Å². The highest BCUT2D eigenvalue weighted by molar-refractivity contribution is 6.65. The number of benzene rings is 4. The first kappa shape index (κ1) is 51.3. The molecule has 2 saturated carbocycles. The number of nitrogens with zero attached hydrogens (tertiary/aromatic N) is 6. The van der Waals surface area contributed by atoms with Crippen LogP contribution >= 0.6 is 0 Å². The molecule has 2 aliphatic carbocycles. The van der Waals surface area contributed by atoms with E-state index in [9.17, 15) is 24.6 Å². The van der Waals surface area contributed by atoms with Crippen LogP contribution in [-0.4, -0.2) is 75.8 Å². The van der Waals surface area contributed by atoms with Crippen molar-refractivity contribution in [1.82, 2.24) is 29.1 Å². The molecular formula is C58H65BN6O8. The predicted octanol–water partition coefficient (Wildman–Crippen LogP) is 9.10. The number of rotatable bonds is 7. The summed E-state index contributed by atoms with van der Waals surface area (Å²) in [5, 5.41) is 26.1. The molecule has 4 atom stereocenters. The Bertz CT molecular complexity index is 3400. The van der Waals surface area contributed by atoms with Crippen molar-refractivity contribution in [3.05, 3.63) is 159 Å². The van der Waals surface area contributed by atoms with Crippen LogP contribution in [0.1, 0.15) is 126 Å². The van der Waals surface area contributed by atoms with Crippen molar-refractivity contribution in [3.63, 3.8) is 0 Å². The quantitative estimate of drug-likeness (QED) is 0.0880. The van der Waals surface area contributed by atoms with Crippen LogP contribution in [0, 0.1) is 13.8 Å². The number of fused-ring (bicyclic) bond motifs is 6. The number of carbonyl (C=O) groups is 1. The molecule has 0 unspecified atom stereocenters. The van der Waals surface area contributed by atoms with Crippen molar-refractivity contribution in [1.29, 1.82) is 0 Å². The summed E-state index contributed by atoms with van der Waals surface area (Å²) in [6.45, 7) is 13.7. The van der Waals surface area contributed by atoms with Gasteiger partial charge in [-0.2, -0.15) is 0 Å². The molecule has 2 N–H and O–H groups in total. The maximum absolute atomic E-state index is 13.6. The maximum atomic E-state index is 13.6. The minimum absolute atomic E-state index is 0.0695. The predicted molar refractivity (Wildman–Crippen MR) is 286 cm³/mol. The van der Waals surface area contributed by atoms with Gasteiger partial charge in [-0.25, -0.2) is 9.97 Å². The highest BCUT2D eigenvalue weighted by atomic mass is 16.7. The van der Waals surface area contributed by atoms with Crippen molar-refractivity contribution in [2.24, 2.45) is 0 Å². The first-order valence-electron chi connectivity index (χ1n) is 25.5. The molecule has 5 heterocycles. The fourth-order valence-corrected chi connectivity index (χ4v) is 10.3. The molecule has 15 heteroatoms. The second-order valence-electron chi connectivity index (χ2n) is 20.8. The summed E-state index contributed by atoms with van der Waals surface area (Å²) in [7, 11) is -0.576. The van der Waals surface area contributed by atoms with Crippen molar-refractivity contribution >= 4 is 61.9 Å². The number of carbonyl (C=O) groups excluding carboxylic acids is 1. The summed E-state index contributed by atoms with van der Waals surface area (Å²) in [6, 6.07) is 27.4. The molecule has 1 aliphatic heterocycles. The van der Waals surface area contributed by atoms with Crippen LogP contribution in [0.15, 0.2) is 120 Å². The minimum atomic E-state index is -0.576. The molecule has 0 radical (unpaired) electrons. The molecule has 4 aromatic carbocycles. The number of aliphatic hydroxyl groups is 2. The van der Waals surface area contributed by atoms with Gasteiger partial charge in [-0.1, -0.05) is 86.3 Å². The SMILES string of the molecule is CC(=O)OCc1ccc(C)nc1.CC1(C)OB(c2cc3c(=O)n([C@H]4CCCC[C@@H]4O)cnc3c3ccccc23)OC1(C)C.Cc1ccc(Cc2cc3c(=O)n([C@H]4CCCC[C@@H]4O)cnc3c3ccccc23)cn1. The van der Waals surface area contributed by atoms with Gasteiger partial charge in [0.25, 0.3) is 11.1 Å². The van der Waals surface area contributed by atoms with Crippen LogP contribution in [0.2, 0.25) is 0 Å². The molecule has 14 nitrogen and oxygen atoms in total. The summed E-state index contributed by atoms with van der Waals surface area (Å²) in [5.41, 5.74) is 6.14. The standard InChI is InChI=1S/C25H25N3O2.C24H29BN2O4.C9H11NO2/c1-16-10-11-17(14-26-16)12-18-13-21-24(20-7-3-2-6-19(18)20)27-15-28(25(21)30)22-8-4-5-9-23(22)29;1-23(2)24(3,4)31-25(30-23)18-13-17-21(16-10-6-5-9-15(16)18)26-14-27(22(17)29)19-11-7-8-12-20(19)28;1-7-3-4-9(5-10-7)6-12-8(2)11/h2-3,6-7,10-11,13-15,22-23,29H,4-5,8-9,12H2,1H3;5-6,9-10,13-14,19-20,28H,7-8,11-12H2,1-4H3;3-5H,6H2,1-2H3/t22-,23-;19-,20-;/m00./s1. The van der Waals surface area contributed by atoms with E-state index in [1.807, 2.05) is 121 Å². The number of aromatic nitrogens is 6. The Morgan fingerprint density at radius 1 is 0.630 bits per heavy atom. The third-order valence-corrected chi connectivity index (χ3v) is 15.1. The monoisotopic (exact) mass is 984 g/mol. The van der Waals surface area contributed by atoms with Gasteiger partial charge in [0.2, 0.25) is 0 Å². The van der Waals surface area contributed by atoms with Crippen LogP contribution in [0.25, 0.3) is 43.4 Å². The van der Waals surface area contributed by atoms with E-state index in [4.69, 9.17) is 14.0 Å². The first-order valence-corrected chi connectivity index (χ1v) is 25.5. The Morgan fingerprint density at radius 3 is 1.59 bits per heavy atom. The molecule has 378 valence electrons. The van der Waals surface area contributed by atoms with Crippen LogP contribution in [0.4, 0.5) is 0 Å². The number of hydrogen-bond donors (Lipinski definition) is 2. The molecule has 11 rings (SSSR count). The Labute approximate surface area is 425 Å². The van der Waals surface area contributed by atoms with E-state index in [2.05, 4.69) is 32.1 Å². The normalized spacial score (nSPS) is 20.3. The molecular weight excluding hydrogens is 919 g/mol. The van der Waals surface area contributed by atoms with E-state index in [1.54, 1.807) is 28.0 Å². The summed E-state index contributed by atoms with van der Waals surface area (Å²) in [5.74, 6) is -0.268. The topological polar surface area (TPSA) is 181 Å². The van der Waals surface area contributed by atoms with Crippen LogP contribution < -0.4 is 16.6 Å². The Kier molecular flexibility index (Phi) is 15.1. The Morgan fingerprint density at radius 2 is 1.10 bits per heavy atom. The van der Waals surface area contributed by atoms with E-state index in [0.717, 1.165) is 106 Å². The lowest BCUT2D eigenvalue weighted by molar-refractivity contribution is -0.142.